The SMILES string of the molecule is C=C(C)C(=O)OC(CCCC)[SiH2]C(C)COCC. The molecule has 18 heavy (non-hydrogen) atoms. The van der Waals surface area contributed by atoms with E-state index < -0.39 is 9.52 Å². The molecule has 0 amide bonds. The van der Waals surface area contributed by atoms with Crippen LogP contribution in [-0.4, -0.2) is 34.4 Å². The summed E-state index contributed by atoms with van der Waals surface area (Å²) in [5.74, 6) is -0.243. The summed E-state index contributed by atoms with van der Waals surface area (Å²) in [5.41, 5.74) is 1.16. The molecule has 0 radical (unpaired) electrons. The van der Waals surface area contributed by atoms with Gasteiger partial charge in [0.1, 0.15) is 0 Å². The van der Waals surface area contributed by atoms with Gasteiger partial charge in [-0.3, -0.25) is 0 Å². The summed E-state index contributed by atoms with van der Waals surface area (Å²) in [6.07, 6.45) is 3.23. The fourth-order valence-electron chi connectivity index (χ4n) is 1.74. The average Bonchev–Trinajstić information content (AvgIpc) is 2.33. The van der Waals surface area contributed by atoms with E-state index in [1.54, 1.807) is 6.92 Å². The smallest absolute Gasteiger partial charge is 0.333 e. The van der Waals surface area contributed by atoms with Crippen LogP contribution in [0.15, 0.2) is 12.2 Å². The maximum absolute atomic E-state index is 11.6. The molecular weight excluding hydrogens is 244 g/mol. The molecule has 0 saturated carbocycles. The highest BCUT2D eigenvalue weighted by Crippen LogP contribution is 2.13. The molecule has 0 aliphatic heterocycles. The van der Waals surface area contributed by atoms with Crippen LogP contribution in [0.3, 0.4) is 0 Å². The van der Waals surface area contributed by atoms with E-state index in [0.717, 1.165) is 32.5 Å². The Kier molecular flexibility index (Phi) is 9.97. The van der Waals surface area contributed by atoms with Gasteiger partial charge in [0, 0.05) is 18.8 Å². The Bertz CT molecular complexity index is 253. The minimum Gasteiger partial charge on any atom is -0.464 e. The van der Waals surface area contributed by atoms with E-state index in [0.29, 0.717) is 11.1 Å². The van der Waals surface area contributed by atoms with Crippen LogP contribution in [0.4, 0.5) is 0 Å². The molecule has 0 aromatic heterocycles. The lowest BCUT2D eigenvalue weighted by atomic mass is 10.2. The van der Waals surface area contributed by atoms with Crippen molar-refractivity contribution in [3.8, 4) is 0 Å². The number of ether oxygens (including phenoxy) is 2. The second-order valence-corrected chi connectivity index (χ2v) is 7.73. The molecule has 2 unspecified atom stereocenters. The summed E-state index contributed by atoms with van der Waals surface area (Å²) < 4.78 is 11.0. The van der Waals surface area contributed by atoms with Crippen LogP contribution < -0.4 is 0 Å². The van der Waals surface area contributed by atoms with Crippen molar-refractivity contribution in [2.75, 3.05) is 13.2 Å². The topological polar surface area (TPSA) is 35.5 Å². The van der Waals surface area contributed by atoms with E-state index in [9.17, 15) is 4.79 Å². The van der Waals surface area contributed by atoms with Gasteiger partial charge in [0.05, 0.1) is 15.2 Å². The van der Waals surface area contributed by atoms with Gasteiger partial charge in [-0.05, 0) is 25.8 Å². The van der Waals surface area contributed by atoms with E-state index in [1.165, 1.54) is 0 Å². The Morgan fingerprint density at radius 1 is 1.39 bits per heavy atom. The fourth-order valence-corrected chi connectivity index (χ4v) is 3.72. The Balaban J connectivity index is 4.20. The molecule has 4 heteroatoms. The summed E-state index contributed by atoms with van der Waals surface area (Å²) in [4.78, 5) is 11.6. The zero-order valence-corrected chi connectivity index (χ0v) is 13.7. The zero-order valence-electron chi connectivity index (χ0n) is 12.3. The number of rotatable bonds is 10. The van der Waals surface area contributed by atoms with Crippen LogP contribution in [0.2, 0.25) is 5.54 Å². The summed E-state index contributed by atoms with van der Waals surface area (Å²) in [7, 11) is -0.475. The predicted octanol–water partition coefficient (Wildman–Crippen LogP) is 2.64. The van der Waals surface area contributed by atoms with Gasteiger partial charge in [-0.2, -0.15) is 0 Å². The highest BCUT2D eigenvalue weighted by molar-refractivity contribution is 6.39. The van der Waals surface area contributed by atoms with Crippen molar-refractivity contribution in [2.45, 2.75) is 58.2 Å². The highest BCUT2D eigenvalue weighted by atomic mass is 28.2. The largest absolute Gasteiger partial charge is 0.464 e. The van der Waals surface area contributed by atoms with E-state index in [2.05, 4.69) is 20.4 Å². The molecule has 0 rings (SSSR count). The normalized spacial score (nSPS) is 14.7. The molecular formula is C14H28O3Si. The third-order valence-electron chi connectivity index (χ3n) is 2.77. The van der Waals surface area contributed by atoms with E-state index in [1.807, 2.05) is 6.92 Å². The molecule has 0 aliphatic carbocycles. The third-order valence-corrected chi connectivity index (χ3v) is 4.91. The van der Waals surface area contributed by atoms with Gasteiger partial charge in [-0.15, -0.1) is 0 Å². The lowest BCUT2D eigenvalue weighted by Crippen LogP contribution is -2.28. The third kappa shape index (κ3) is 8.47. The number of esters is 1. The Labute approximate surface area is 114 Å². The molecule has 0 aromatic carbocycles. The molecule has 0 aliphatic rings. The number of carbonyl (C=O) groups excluding carboxylic acids is 1. The van der Waals surface area contributed by atoms with Crippen molar-refractivity contribution in [2.24, 2.45) is 0 Å². The Hall–Kier alpha value is -0.613. The van der Waals surface area contributed by atoms with Gasteiger partial charge >= 0.3 is 5.97 Å². The molecule has 106 valence electrons. The van der Waals surface area contributed by atoms with Crippen LogP contribution in [0.5, 0.6) is 0 Å². The molecule has 0 fully saturated rings. The second kappa shape index (κ2) is 10.3. The minimum atomic E-state index is -0.475. The first kappa shape index (κ1) is 17.4. The first-order valence-corrected chi connectivity index (χ1v) is 8.58. The Morgan fingerprint density at radius 3 is 2.56 bits per heavy atom. The first-order valence-electron chi connectivity index (χ1n) is 6.95. The molecule has 0 spiro atoms. The second-order valence-electron chi connectivity index (χ2n) is 4.95. The van der Waals surface area contributed by atoms with Gasteiger partial charge in [0.15, 0.2) is 0 Å². The summed E-state index contributed by atoms with van der Waals surface area (Å²) in [5, 5.41) is 0. The molecule has 2 atom stereocenters. The van der Waals surface area contributed by atoms with E-state index in [4.69, 9.17) is 9.47 Å². The predicted molar refractivity (Wildman–Crippen MR) is 78.7 cm³/mol. The van der Waals surface area contributed by atoms with Gasteiger partial charge in [-0.25, -0.2) is 4.79 Å². The van der Waals surface area contributed by atoms with Crippen molar-refractivity contribution >= 4 is 15.5 Å². The van der Waals surface area contributed by atoms with E-state index >= 15 is 0 Å². The van der Waals surface area contributed by atoms with Crippen molar-refractivity contribution in [1.82, 2.24) is 0 Å². The van der Waals surface area contributed by atoms with Crippen molar-refractivity contribution < 1.29 is 14.3 Å². The number of hydrogen-bond acceptors (Lipinski definition) is 3. The lowest BCUT2D eigenvalue weighted by Gasteiger charge is -2.21. The summed E-state index contributed by atoms with van der Waals surface area (Å²) in [6, 6.07) is 0. The van der Waals surface area contributed by atoms with Gasteiger partial charge < -0.3 is 9.47 Å². The van der Waals surface area contributed by atoms with Crippen LogP contribution in [0.1, 0.15) is 47.0 Å². The lowest BCUT2D eigenvalue weighted by molar-refractivity contribution is -0.141. The Morgan fingerprint density at radius 2 is 2.06 bits per heavy atom. The standard InChI is InChI=1S/C14H28O3Si/c1-6-8-9-13(17-14(15)11(3)4)18-12(5)10-16-7-2/h12-13H,3,6-10,18H2,1-2,4-5H3. The number of hydrogen-bond donors (Lipinski definition) is 0. The maximum Gasteiger partial charge on any atom is 0.333 e. The van der Waals surface area contributed by atoms with Crippen molar-refractivity contribution in [3.63, 3.8) is 0 Å². The first-order chi connectivity index (χ1) is 8.51. The average molecular weight is 272 g/mol. The molecule has 0 aromatic rings. The van der Waals surface area contributed by atoms with Crippen molar-refractivity contribution in [3.05, 3.63) is 12.2 Å². The van der Waals surface area contributed by atoms with Crippen LogP contribution in [0, 0.1) is 0 Å². The molecule has 0 heterocycles. The monoisotopic (exact) mass is 272 g/mol. The molecule has 3 nitrogen and oxygen atoms in total. The zero-order chi connectivity index (χ0) is 14.0. The summed E-state index contributed by atoms with van der Waals surface area (Å²) >= 11 is 0. The van der Waals surface area contributed by atoms with Gasteiger partial charge in [0.25, 0.3) is 0 Å². The van der Waals surface area contributed by atoms with Crippen LogP contribution in [-0.2, 0) is 14.3 Å². The highest BCUT2D eigenvalue weighted by Gasteiger charge is 2.18. The van der Waals surface area contributed by atoms with Crippen molar-refractivity contribution in [1.29, 1.82) is 0 Å². The van der Waals surface area contributed by atoms with Gasteiger partial charge in [0.2, 0.25) is 0 Å². The molecule has 0 bridgehead atoms. The minimum absolute atomic E-state index is 0.129. The fraction of sp³-hybridized carbons (Fsp3) is 0.786. The van der Waals surface area contributed by atoms with Crippen LogP contribution >= 0.6 is 0 Å². The van der Waals surface area contributed by atoms with E-state index in [-0.39, 0.29) is 11.7 Å². The maximum atomic E-state index is 11.6. The number of carbonyl (C=O) groups is 1. The van der Waals surface area contributed by atoms with Gasteiger partial charge in [-0.1, -0.05) is 33.3 Å². The number of unbranched alkanes of at least 4 members (excludes halogenated alkanes) is 1. The molecule has 0 N–H and O–H groups in total. The molecule has 0 saturated heterocycles. The summed E-state index contributed by atoms with van der Waals surface area (Å²) in [6.45, 7) is 13.2. The quantitative estimate of drug-likeness (QED) is 0.348. The van der Waals surface area contributed by atoms with Crippen LogP contribution in [0.25, 0.3) is 0 Å².